The lowest BCUT2D eigenvalue weighted by Gasteiger charge is -2.21. The lowest BCUT2D eigenvalue weighted by Crippen LogP contribution is -2.28. The fourth-order valence-corrected chi connectivity index (χ4v) is 6.30. The Hall–Kier alpha value is -2.91. The van der Waals surface area contributed by atoms with Gasteiger partial charge in [-0.25, -0.2) is 9.37 Å². The molecule has 2 unspecified atom stereocenters. The number of nitrogens with zero attached hydrogens (tertiary/aromatic N) is 6. The minimum atomic E-state index is -0.0883. The Bertz CT molecular complexity index is 1330. The largest absolute Gasteiger partial charge is 0.440 e. The maximum atomic E-state index is 14.9. The highest BCUT2D eigenvalue weighted by molar-refractivity contribution is 7.99. The van der Waals surface area contributed by atoms with Gasteiger partial charge in [0.1, 0.15) is 5.82 Å². The average Bonchev–Trinajstić information content (AvgIpc) is 3.37. The van der Waals surface area contributed by atoms with E-state index in [0.717, 1.165) is 48.2 Å². The van der Waals surface area contributed by atoms with Crippen molar-refractivity contribution in [2.75, 3.05) is 25.4 Å². The van der Waals surface area contributed by atoms with Crippen molar-refractivity contribution in [3.05, 3.63) is 71.8 Å². The van der Waals surface area contributed by atoms with Crippen LogP contribution in [0.3, 0.4) is 0 Å². The van der Waals surface area contributed by atoms with Gasteiger partial charge >= 0.3 is 0 Å². The Kier molecular flexibility index (Phi) is 5.76. The fourth-order valence-electron chi connectivity index (χ4n) is 5.47. The molecule has 2 atom stereocenters. The van der Waals surface area contributed by atoms with E-state index in [0.29, 0.717) is 24.0 Å². The number of aromatic nitrogens is 5. The molecule has 35 heavy (non-hydrogen) atoms. The number of piperidine rings is 1. The standard InChI is InChI=1S/C26H29FN6OS/c1-18-23(34-17-28-18)24-29-30-25(31(24)2)35-11-5-10-33-15-21-13-26(21,16-33)20-7-6-19(22(27)12-20)14-32-8-3-4-9-32/h3-4,6-9,12,17,21H,5,10-11,13-16H2,1-2H3. The fraction of sp³-hybridized carbons (Fsp3) is 0.423. The second-order valence-electron chi connectivity index (χ2n) is 9.79. The van der Waals surface area contributed by atoms with Gasteiger partial charge in [-0.2, -0.15) is 0 Å². The Balaban J connectivity index is 1.02. The molecule has 1 aliphatic carbocycles. The van der Waals surface area contributed by atoms with Crippen LogP contribution in [0.25, 0.3) is 11.6 Å². The van der Waals surface area contributed by atoms with Crippen molar-refractivity contribution < 1.29 is 8.81 Å². The van der Waals surface area contributed by atoms with Gasteiger partial charge < -0.3 is 18.5 Å². The zero-order chi connectivity index (χ0) is 24.0. The van der Waals surface area contributed by atoms with Crippen LogP contribution < -0.4 is 0 Å². The number of hydrogen-bond donors (Lipinski definition) is 0. The molecule has 4 aromatic rings. The van der Waals surface area contributed by atoms with Crippen molar-refractivity contribution in [3.8, 4) is 11.6 Å². The van der Waals surface area contributed by atoms with E-state index < -0.39 is 0 Å². The van der Waals surface area contributed by atoms with Gasteiger partial charge in [0.05, 0.1) is 5.69 Å². The molecule has 182 valence electrons. The molecule has 1 aromatic carbocycles. The van der Waals surface area contributed by atoms with Crippen LogP contribution in [0.4, 0.5) is 4.39 Å². The average molecular weight is 493 g/mol. The molecule has 0 bridgehead atoms. The molecule has 2 fully saturated rings. The topological polar surface area (TPSA) is 64.9 Å². The van der Waals surface area contributed by atoms with E-state index in [-0.39, 0.29) is 11.2 Å². The third-order valence-electron chi connectivity index (χ3n) is 7.50. The van der Waals surface area contributed by atoms with Gasteiger partial charge in [0, 0.05) is 55.8 Å². The van der Waals surface area contributed by atoms with E-state index in [9.17, 15) is 4.39 Å². The molecule has 1 saturated heterocycles. The second kappa shape index (κ2) is 8.95. The molecule has 9 heteroatoms. The maximum absolute atomic E-state index is 14.9. The number of aryl methyl sites for hydroxylation is 1. The number of hydrogen-bond acceptors (Lipinski definition) is 6. The van der Waals surface area contributed by atoms with Gasteiger partial charge in [-0.3, -0.25) is 0 Å². The maximum Gasteiger partial charge on any atom is 0.202 e. The van der Waals surface area contributed by atoms with E-state index in [2.05, 4.69) is 26.1 Å². The summed E-state index contributed by atoms with van der Waals surface area (Å²) in [6.07, 6.45) is 7.62. The van der Waals surface area contributed by atoms with Crippen molar-refractivity contribution in [2.24, 2.45) is 13.0 Å². The minimum Gasteiger partial charge on any atom is -0.440 e. The summed E-state index contributed by atoms with van der Waals surface area (Å²) in [5, 5.41) is 9.49. The molecule has 6 rings (SSSR count). The molecular weight excluding hydrogens is 463 g/mol. The van der Waals surface area contributed by atoms with E-state index in [1.807, 2.05) is 53.7 Å². The van der Waals surface area contributed by atoms with Crippen LogP contribution in [0.15, 0.2) is 58.7 Å². The summed E-state index contributed by atoms with van der Waals surface area (Å²) in [5.74, 6) is 2.90. The van der Waals surface area contributed by atoms with Crippen molar-refractivity contribution in [1.82, 2.24) is 29.2 Å². The normalized spacial score (nSPS) is 21.5. The van der Waals surface area contributed by atoms with Gasteiger partial charge in [0.25, 0.3) is 0 Å². The highest BCUT2D eigenvalue weighted by Gasteiger charge is 2.60. The van der Waals surface area contributed by atoms with Gasteiger partial charge in [-0.05, 0) is 56.0 Å². The first kappa shape index (κ1) is 22.5. The lowest BCUT2D eigenvalue weighted by atomic mass is 9.93. The molecule has 0 spiro atoms. The minimum absolute atomic E-state index is 0.0883. The SMILES string of the molecule is Cc1ncoc1-c1nnc(SCCCN2CC3CC3(c3ccc(Cn4cccc4)c(F)c3)C2)n1C. The molecule has 2 aliphatic rings. The van der Waals surface area contributed by atoms with Gasteiger partial charge in [0.15, 0.2) is 17.3 Å². The zero-order valence-electron chi connectivity index (χ0n) is 20.0. The van der Waals surface area contributed by atoms with E-state index >= 15 is 0 Å². The van der Waals surface area contributed by atoms with E-state index in [1.165, 1.54) is 18.4 Å². The van der Waals surface area contributed by atoms with Crippen LogP contribution in [0.5, 0.6) is 0 Å². The summed E-state index contributed by atoms with van der Waals surface area (Å²) in [6.45, 7) is 5.66. The van der Waals surface area contributed by atoms with Crippen LogP contribution in [-0.2, 0) is 19.0 Å². The predicted molar refractivity (Wildman–Crippen MR) is 133 cm³/mol. The Labute approximate surface area is 208 Å². The summed E-state index contributed by atoms with van der Waals surface area (Å²) in [5.41, 5.74) is 2.88. The van der Waals surface area contributed by atoms with Crippen LogP contribution >= 0.6 is 11.8 Å². The summed E-state index contributed by atoms with van der Waals surface area (Å²) < 4.78 is 24.3. The van der Waals surface area contributed by atoms with Crippen molar-refractivity contribution in [2.45, 2.75) is 36.9 Å². The summed E-state index contributed by atoms with van der Waals surface area (Å²) in [6, 6.07) is 9.86. The molecule has 0 N–H and O–H groups in total. The molecule has 1 aliphatic heterocycles. The van der Waals surface area contributed by atoms with E-state index in [4.69, 9.17) is 4.42 Å². The Morgan fingerprint density at radius 1 is 1.23 bits per heavy atom. The summed E-state index contributed by atoms with van der Waals surface area (Å²) >= 11 is 1.72. The van der Waals surface area contributed by atoms with Crippen molar-refractivity contribution >= 4 is 11.8 Å². The van der Waals surface area contributed by atoms with Crippen LogP contribution in [0.2, 0.25) is 0 Å². The third-order valence-corrected chi connectivity index (χ3v) is 8.60. The number of likely N-dealkylation sites (tertiary alicyclic amines) is 1. The van der Waals surface area contributed by atoms with Crippen molar-refractivity contribution in [1.29, 1.82) is 0 Å². The van der Waals surface area contributed by atoms with E-state index in [1.54, 1.807) is 17.8 Å². The van der Waals surface area contributed by atoms with Gasteiger partial charge in [0.2, 0.25) is 5.82 Å². The van der Waals surface area contributed by atoms with Gasteiger partial charge in [-0.15, -0.1) is 10.2 Å². The molecule has 3 aromatic heterocycles. The monoisotopic (exact) mass is 492 g/mol. The quantitative estimate of drug-likeness (QED) is 0.253. The predicted octanol–water partition coefficient (Wildman–Crippen LogP) is 4.52. The van der Waals surface area contributed by atoms with Gasteiger partial charge in [-0.1, -0.05) is 23.9 Å². The lowest BCUT2D eigenvalue weighted by molar-refractivity contribution is 0.299. The molecule has 0 amide bonds. The first-order valence-corrected chi connectivity index (χ1v) is 13.1. The van der Waals surface area contributed by atoms with Crippen LogP contribution in [0.1, 0.15) is 29.7 Å². The van der Waals surface area contributed by atoms with Crippen LogP contribution in [0, 0.1) is 18.7 Å². The Morgan fingerprint density at radius 2 is 2.09 bits per heavy atom. The number of thioether (sulfide) groups is 1. The number of oxazole rings is 1. The highest BCUT2D eigenvalue weighted by atomic mass is 32.2. The number of rotatable bonds is 9. The Morgan fingerprint density at radius 3 is 2.86 bits per heavy atom. The molecule has 4 heterocycles. The summed E-state index contributed by atoms with van der Waals surface area (Å²) in [4.78, 5) is 6.68. The molecule has 7 nitrogen and oxygen atoms in total. The van der Waals surface area contributed by atoms with Crippen LogP contribution in [-0.4, -0.2) is 54.6 Å². The number of benzene rings is 1. The summed E-state index contributed by atoms with van der Waals surface area (Å²) in [7, 11) is 1.96. The number of fused-ring (bicyclic) bond motifs is 1. The first-order valence-electron chi connectivity index (χ1n) is 12.1. The van der Waals surface area contributed by atoms with Crippen molar-refractivity contribution in [3.63, 3.8) is 0 Å². The second-order valence-corrected chi connectivity index (χ2v) is 10.9. The first-order chi connectivity index (χ1) is 17.0. The molecule has 1 saturated carbocycles. The zero-order valence-corrected chi connectivity index (χ0v) is 20.8. The highest BCUT2D eigenvalue weighted by Crippen LogP contribution is 2.59. The third kappa shape index (κ3) is 4.21. The smallest absolute Gasteiger partial charge is 0.202 e. The number of halogens is 1. The molecular formula is C26H29FN6OS. The molecule has 0 radical (unpaired) electrons.